The minimum absolute atomic E-state index is 0.313. The van der Waals surface area contributed by atoms with Gasteiger partial charge in [-0.1, -0.05) is 52.5 Å². The molecule has 0 aliphatic carbocycles. The number of Topliss-reactive ketones (excluding diaryl/α,β-unsaturated/α-hetero) is 1. The molecule has 1 unspecified atom stereocenters. The maximum Gasteiger partial charge on any atom is 0.134 e. The number of rotatable bonds is 14. The van der Waals surface area contributed by atoms with E-state index < -0.39 is 6.23 Å². The van der Waals surface area contributed by atoms with Crippen LogP contribution in [0.15, 0.2) is 12.7 Å². The van der Waals surface area contributed by atoms with Gasteiger partial charge in [-0.25, -0.2) is 0 Å². The van der Waals surface area contributed by atoms with E-state index in [9.17, 15) is 9.90 Å². The molecule has 3 nitrogen and oxygen atoms in total. The van der Waals surface area contributed by atoms with Crippen molar-refractivity contribution in [1.82, 2.24) is 4.90 Å². The Morgan fingerprint density at radius 3 is 2.30 bits per heavy atom. The standard InChI is InChI=1S/C17H33NO2/c1-4-7-9-11-14-18(17(20)6-3)15-13-16(19)12-10-8-5-2/h6,17,20H,3-5,7-15H2,1-2H3. The largest absolute Gasteiger partial charge is 0.375 e. The Labute approximate surface area is 125 Å². The monoisotopic (exact) mass is 283 g/mol. The van der Waals surface area contributed by atoms with Crippen molar-refractivity contribution in [2.75, 3.05) is 13.1 Å². The zero-order chi connectivity index (χ0) is 15.2. The fraction of sp³-hybridized carbons (Fsp3) is 0.824. The van der Waals surface area contributed by atoms with E-state index in [0.29, 0.717) is 25.2 Å². The van der Waals surface area contributed by atoms with Crippen LogP contribution in [-0.2, 0) is 4.79 Å². The van der Waals surface area contributed by atoms with Crippen LogP contribution >= 0.6 is 0 Å². The minimum Gasteiger partial charge on any atom is -0.375 e. The fourth-order valence-corrected chi connectivity index (χ4v) is 2.23. The van der Waals surface area contributed by atoms with E-state index in [1.54, 1.807) is 6.08 Å². The number of carbonyl (C=O) groups is 1. The van der Waals surface area contributed by atoms with Crippen molar-refractivity contribution >= 4 is 5.78 Å². The van der Waals surface area contributed by atoms with Gasteiger partial charge in [-0.2, -0.15) is 0 Å². The zero-order valence-corrected chi connectivity index (χ0v) is 13.4. The number of unbranched alkanes of at least 4 members (excludes halogenated alkanes) is 5. The van der Waals surface area contributed by atoms with Crippen LogP contribution in [0.1, 0.15) is 71.6 Å². The first kappa shape index (κ1) is 19.3. The number of ketones is 1. The Bertz CT molecular complexity index is 253. The Morgan fingerprint density at radius 1 is 1.05 bits per heavy atom. The van der Waals surface area contributed by atoms with Crippen molar-refractivity contribution in [2.24, 2.45) is 0 Å². The van der Waals surface area contributed by atoms with Crippen LogP contribution in [0.5, 0.6) is 0 Å². The van der Waals surface area contributed by atoms with Gasteiger partial charge in [-0.15, -0.1) is 0 Å². The maximum atomic E-state index is 11.8. The molecular weight excluding hydrogens is 250 g/mol. The molecule has 20 heavy (non-hydrogen) atoms. The van der Waals surface area contributed by atoms with Crippen molar-refractivity contribution in [1.29, 1.82) is 0 Å². The first-order valence-corrected chi connectivity index (χ1v) is 8.22. The first-order valence-electron chi connectivity index (χ1n) is 8.22. The summed E-state index contributed by atoms with van der Waals surface area (Å²) < 4.78 is 0. The van der Waals surface area contributed by atoms with Crippen molar-refractivity contribution in [2.45, 2.75) is 77.9 Å². The molecule has 0 rings (SSSR count). The second-order valence-corrected chi connectivity index (χ2v) is 5.49. The van der Waals surface area contributed by atoms with Crippen molar-refractivity contribution in [3.63, 3.8) is 0 Å². The number of hydrogen-bond acceptors (Lipinski definition) is 3. The number of carbonyl (C=O) groups excluding carboxylic acids is 1. The molecule has 1 atom stereocenters. The summed E-state index contributed by atoms with van der Waals surface area (Å²) in [5, 5.41) is 9.90. The summed E-state index contributed by atoms with van der Waals surface area (Å²) in [4.78, 5) is 13.7. The number of nitrogens with zero attached hydrogens (tertiary/aromatic N) is 1. The summed E-state index contributed by atoms with van der Waals surface area (Å²) in [7, 11) is 0. The molecule has 0 radical (unpaired) electrons. The highest BCUT2D eigenvalue weighted by molar-refractivity contribution is 5.78. The summed E-state index contributed by atoms with van der Waals surface area (Å²) in [5.74, 6) is 0.313. The lowest BCUT2D eigenvalue weighted by Crippen LogP contribution is -2.36. The highest BCUT2D eigenvalue weighted by Crippen LogP contribution is 2.08. The van der Waals surface area contributed by atoms with Gasteiger partial charge in [0.2, 0.25) is 0 Å². The lowest BCUT2D eigenvalue weighted by Gasteiger charge is -2.25. The van der Waals surface area contributed by atoms with Crippen LogP contribution in [0.25, 0.3) is 0 Å². The maximum absolute atomic E-state index is 11.8. The van der Waals surface area contributed by atoms with Gasteiger partial charge in [0.1, 0.15) is 12.0 Å². The van der Waals surface area contributed by atoms with E-state index in [-0.39, 0.29) is 0 Å². The molecule has 0 fully saturated rings. The SMILES string of the molecule is C=CC(O)N(CCCCCC)CCC(=O)CCCCC. The van der Waals surface area contributed by atoms with E-state index in [1.165, 1.54) is 19.3 Å². The number of aliphatic hydroxyl groups excluding tert-OH is 1. The Hall–Kier alpha value is -0.670. The molecule has 0 aromatic rings. The molecule has 0 bridgehead atoms. The summed E-state index contributed by atoms with van der Waals surface area (Å²) >= 11 is 0. The van der Waals surface area contributed by atoms with Crippen molar-refractivity contribution in [3.05, 3.63) is 12.7 Å². The third kappa shape index (κ3) is 10.2. The molecule has 0 saturated carbocycles. The molecule has 0 aromatic carbocycles. The fourth-order valence-electron chi connectivity index (χ4n) is 2.23. The summed E-state index contributed by atoms with van der Waals surface area (Å²) in [6.07, 6.45) is 10.1. The van der Waals surface area contributed by atoms with E-state index in [2.05, 4.69) is 20.4 Å². The van der Waals surface area contributed by atoms with Crippen LogP contribution in [-0.4, -0.2) is 35.1 Å². The molecule has 0 aromatic heterocycles. The smallest absolute Gasteiger partial charge is 0.134 e. The molecular formula is C17H33NO2. The van der Waals surface area contributed by atoms with E-state index in [0.717, 1.165) is 32.2 Å². The van der Waals surface area contributed by atoms with Gasteiger partial charge in [0.15, 0.2) is 0 Å². The molecule has 0 aliphatic rings. The van der Waals surface area contributed by atoms with Crippen LogP contribution in [0, 0.1) is 0 Å². The zero-order valence-electron chi connectivity index (χ0n) is 13.4. The molecule has 0 heterocycles. The summed E-state index contributed by atoms with van der Waals surface area (Å²) in [5.41, 5.74) is 0. The Balaban J connectivity index is 3.96. The highest BCUT2D eigenvalue weighted by atomic mass is 16.3. The van der Waals surface area contributed by atoms with E-state index in [4.69, 9.17) is 0 Å². The van der Waals surface area contributed by atoms with E-state index in [1.807, 2.05) is 4.90 Å². The first-order chi connectivity index (χ1) is 9.65. The lowest BCUT2D eigenvalue weighted by atomic mass is 10.1. The molecule has 0 aliphatic heterocycles. The predicted molar refractivity (Wildman–Crippen MR) is 85.7 cm³/mol. The topological polar surface area (TPSA) is 40.5 Å². The molecule has 0 amide bonds. The summed E-state index contributed by atoms with van der Waals surface area (Å²) in [6.45, 7) is 9.45. The second-order valence-electron chi connectivity index (χ2n) is 5.49. The molecule has 0 spiro atoms. The van der Waals surface area contributed by atoms with E-state index >= 15 is 0 Å². The van der Waals surface area contributed by atoms with Crippen LogP contribution in [0.3, 0.4) is 0 Å². The minimum atomic E-state index is -0.625. The number of hydrogen-bond donors (Lipinski definition) is 1. The third-order valence-corrected chi connectivity index (χ3v) is 3.62. The van der Waals surface area contributed by atoms with Crippen molar-refractivity contribution in [3.8, 4) is 0 Å². The normalized spacial score (nSPS) is 12.6. The Kier molecular flexibility index (Phi) is 12.9. The van der Waals surface area contributed by atoms with Gasteiger partial charge in [0.25, 0.3) is 0 Å². The predicted octanol–water partition coefficient (Wildman–Crippen LogP) is 3.91. The van der Waals surface area contributed by atoms with Crippen molar-refractivity contribution < 1.29 is 9.90 Å². The van der Waals surface area contributed by atoms with Crippen LogP contribution in [0.2, 0.25) is 0 Å². The molecule has 118 valence electrons. The van der Waals surface area contributed by atoms with Gasteiger partial charge >= 0.3 is 0 Å². The summed E-state index contributed by atoms with van der Waals surface area (Å²) in [6, 6.07) is 0. The molecule has 1 N–H and O–H groups in total. The van der Waals surface area contributed by atoms with Crippen LogP contribution in [0.4, 0.5) is 0 Å². The average Bonchev–Trinajstić information content (AvgIpc) is 2.46. The van der Waals surface area contributed by atoms with Crippen LogP contribution < -0.4 is 0 Å². The Morgan fingerprint density at radius 2 is 1.70 bits per heavy atom. The van der Waals surface area contributed by atoms with Gasteiger partial charge in [-0.05, 0) is 18.9 Å². The molecule has 0 saturated heterocycles. The van der Waals surface area contributed by atoms with Gasteiger partial charge in [0, 0.05) is 25.9 Å². The lowest BCUT2D eigenvalue weighted by molar-refractivity contribution is -0.119. The second kappa shape index (κ2) is 13.3. The van der Waals surface area contributed by atoms with Gasteiger partial charge < -0.3 is 5.11 Å². The number of aliphatic hydroxyl groups is 1. The van der Waals surface area contributed by atoms with Gasteiger partial charge in [-0.3, -0.25) is 9.69 Å². The quantitative estimate of drug-likeness (QED) is 0.298. The third-order valence-electron chi connectivity index (χ3n) is 3.62. The van der Waals surface area contributed by atoms with Gasteiger partial charge in [0.05, 0.1) is 0 Å². The molecule has 3 heteroatoms. The highest BCUT2D eigenvalue weighted by Gasteiger charge is 2.13. The average molecular weight is 283 g/mol.